The van der Waals surface area contributed by atoms with Crippen molar-refractivity contribution < 1.29 is 5.11 Å². The van der Waals surface area contributed by atoms with Gasteiger partial charge in [-0.25, -0.2) is 0 Å². The second kappa shape index (κ2) is 5.22. The molecule has 1 aliphatic carbocycles. The predicted molar refractivity (Wildman–Crippen MR) is 72.0 cm³/mol. The number of aliphatic hydroxyl groups is 1. The lowest BCUT2D eigenvalue weighted by molar-refractivity contribution is 0.105. The summed E-state index contributed by atoms with van der Waals surface area (Å²) >= 11 is 0. The molecule has 94 valence electrons. The molecule has 0 bridgehead atoms. The first kappa shape index (κ1) is 12.6. The van der Waals surface area contributed by atoms with Crippen LogP contribution in [-0.2, 0) is 12.8 Å². The van der Waals surface area contributed by atoms with Crippen molar-refractivity contribution in [3.05, 3.63) is 34.9 Å². The van der Waals surface area contributed by atoms with Gasteiger partial charge in [0.2, 0.25) is 0 Å². The van der Waals surface area contributed by atoms with Crippen LogP contribution in [0.1, 0.15) is 56.4 Å². The van der Waals surface area contributed by atoms with Crippen molar-refractivity contribution in [3.63, 3.8) is 0 Å². The van der Waals surface area contributed by atoms with E-state index in [1.807, 2.05) is 0 Å². The van der Waals surface area contributed by atoms with Gasteiger partial charge in [-0.3, -0.25) is 0 Å². The van der Waals surface area contributed by atoms with Crippen molar-refractivity contribution in [2.24, 2.45) is 11.8 Å². The molecule has 1 aromatic carbocycles. The smallest absolute Gasteiger partial charge is 0.0820 e. The standard InChI is InChI=1S/C16H24O/c1-4-12-6-7-13(5-2)15(10-12)16(17)11(3)14-8-9-14/h6-7,10-11,14,16-17H,4-5,8-9H2,1-3H3. The summed E-state index contributed by atoms with van der Waals surface area (Å²) in [5.41, 5.74) is 3.81. The van der Waals surface area contributed by atoms with Crippen LogP contribution in [0.15, 0.2) is 18.2 Å². The van der Waals surface area contributed by atoms with Crippen LogP contribution in [-0.4, -0.2) is 5.11 Å². The van der Waals surface area contributed by atoms with Crippen molar-refractivity contribution >= 4 is 0 Å². The van der Waals surface area contributed by atoms with Gasteiger partial charge in [-0.05, 0) is 54.2 Å². The molecule has 1 nitrogen and oxygen atoms in total. The first-order valence-corrected chi connectivity index (χ1v) is 6.97. The number of hydrogen-bond acceptors (Lipinski definition) is 1. The Morgan fingerprint density at radius 1 is 1.24 bits per heavy atom. The van der Waals surface area contributed by atoms with Gasteiger partial charge in [-0.1, -0.05) is 39.0 Å². The zero-order valence-corrected chi connectivity index (χ0v) is 11.2. The first-order chi connectivity index (χ1) is 8.17. The Balaban J connectivity index is 2.27. The van der Waals surface area contributed by atoms with E-state index in [4.69, 9.17) is 0 Å². The van der Waals surface area contributed by atoms with Crippen LogP contribution < -0.4 is 0 Å². The molecule has 2 atom stereocenters. The Morgan fingerprint density at radius 3 is 2.47 bits per heavy atom. The molecule has 0 amide bonds. The van der Waals surface area contributed by atoms with Gasteiger partial charge in [-0.2, -0.15) is 0 Å². The quantitative estimate of drug-likeness (QED) is 0.816. The van der Waals surface area contributed by atoms with Gasteiger partial charge in [0.15, 0.2) is 0 Å². The lowest BCUT2D eigenvalue weighted by atomic mass is 9.88. The minimum absolute atomic E-state index is 0.274. The topological polar surface area (TPSA) is 20.2 Å². The fourth-order valence-corrected chi connectivity index (χ4v) is 2.62. The molecule has 1 aromatic rings. The Kier molecular flexibility index (Phi) is 3.88. The molecule has 1 fully saturated rings. The summed E-state index contributed by atoms with van der Waals surface area (Å²) in [4.78, 5) is 0. The molecule has 0 spiro atoms. The maximum absolute atomic E-state index is 10.5. The Morgan fingerprint density at radius 2 is 1.94 bits per heavy atom. The van der Waals surface area contributed by atoms with Gasteiger partial charge in [0.25, 0.3) is 0 Å². The van der Waals surface area contributed by atoms with E-state index in [9.17, 15) is 5.11 Å². The highest BCUT2D eigenvalue weighted by molar-refractivity contribution is 5.34. The van der Waals surface area contributed by atoms with Crippen molar-refractivity contribution in [2.45, 2.75) is 52.6 Å². The molecular formula is C16H24O. The maximum Gasteiger partial charge on any atom is 0.0820 e. The van der Waals surface area contributed by atoms with E-state index in [-0.39, 0.29) is 6.10 Å². The molecule has 17 heavy (non-hydrogen) atoms. The van der Waals surface area contributed by atoms with Gasteiger partial charge in [0.1, 0.15) is 0 Å². The Hall–Kier alpha value is -0.820. The molecule has 0 heterocycles. The number of rotatable bonds is 5. The van der Waals surface area contributed by atoms with Crippen LogP contribution in [0, 0.1) is 11.8 Å². The summed E-state index contributed by atoms with van der Waals surface area (Å²) in [6.45, 7) is 6.53. The second-order valence-corrected chi connectivity index (χ2v) is 5.38. The van der Waals surface area contributed by atoms with Crippen molar-refractivity contribution in [1.29, 1.82) is 0 Å². The zero-order chi connectivity index (χ0) is 12.4. The monoisotopic (exact) mass is 232 g/mol. The van der Waals surface area contributed by atoms with Crippen LogP contribution in [0.4, 0.5) is 0 Å². The predicted octanol–water partition coefficient (Wildman–Crippen LogP) is 3.89. The zero-order valence-electron chi connectivity index (χ0n) is 11.2. The fraction of sp³-hybridized carbons (Fsp3) is 0.625. The summed E-state index contributed by atoms with van der Waals surface area (Å²) in [6.07, 6.45) is 4.37. The van der Waals surface area contributed by atoms with Crippen LogP contribution >= 0.6 is 0 Å². The summed E-state index contributed by atoms with van der Waals surface area (Å²) < 4.78 is 0. The third-order valence-electron chi connectivity index (χ3n) is 4.18. The van der Waals surface area contributed by atoms with Crippen molar-refractivity contribution in [1.82, 2.24) is 0 Å². The van der Waals surface area contributed by atoms with Crippen molar-refractivity contribution in [2.75, 3.05) is 0 Å². The molecule has 0 aliphatic heterocycles. The molecule has 1 aliphatic rings. The molecular weight excluding hydrogens is 208 g/mol. The SMILES string of the molecule is CCc1ccc(CC)c(C(O)C(C)C2CC2)c1. The number of hydrogen-bond donors (Lipinski definition) is 1. The van der Waals surface area contributed by atoms with Crippen LogP contribution in [0.5, 0.6) is 0 Å². The van der Waals surface area contributed by atoms with Crippen LogP contribution in [0.2, 0.25) is 0 Å². The molecule has 0 radical (unpaired) electrons. The van der Waals surface area contributed by atoms with Gasteiger partial charge in [-0.15, -0.1) is 0 Å². The summed E-state index contributed by atoms with van der Waals surface area (Å²) in [6, 6.07) is 6.59. The number of benzene rings is 1. The first-order valence-electron chi connectivity index (χ1n) is 6.97. The van der Waals surface area contributed by atoms with E-state index in [1.165, 1.54) is 29.5 Å². The molecule has 1 saturated carbocycles. The van der Waals surface area contributed by atoms with Gasteiger partial charge >= 0.3 is 0 Å². The average molecular weight is 232 g/mol. The van der Waals surface area contributed by atoms with E-state index in [1.54, 1.807) is 0 Å². The fourth-order valence-electron chi connectivity index (χ4n) is 2.62. The van der Waals surface area contributed by atoms with Gasteiger partial charge in [0.05, 0.1) is 6.10 Å². The Labute approximate surface area is 105 Å². The third kappa shape index (κ3) is 2.71. The number of aliphatic hydroxyl groups excluding tert-OH is 1. The Bertz CT molecular complexity index is 379. The molecule has 1 heteroatoms. The lowest BCUT2D eigenvalue weighted by Gasteiger charge is -2.22. The van der Waals surface area contributed by atoms with Crippen molar-refractivity contribution in [3.8, 4) is 0 Å². The summed E-state index contributed by atoms with van der Waals surface area (Å²) in [5.74, 6) is 1.16. The van der Waals surface area contributed by atoms with E-state index in [0.29, 0.717) is 5.92 Å². The largest absolute Gasteiger partial charge is 0.388 e. The minimum atomic E-state index is -0.274. The van der Waals surface area contributed by atoms with E-state index < -0.39 is 0 Å². The van der Waals surface area contributed by atoms with E-state index in [2.05, 4.69) is 39.0 Å². The third-order valence-corrected chi connectivity index (χ3v) is 4.18. The second-order valence-electron chi connectivity index (χ2n) is 5.38. The molecule has 1 N–H and O–H groups in total. The average Bonchev–Trinajstić information content (AvgIpc) is 3.20. The summed E-state index contributed by atoms with van der Waals surface area (Å²) in [7, 11) is 0. The highest BCUT2D eigenvalue weighted by Gasteiger charge is 2.33. The van der Waals surface area contributed by atoms with Gasteiger partial charge < -0.3 is 5.11 Å². The highest BCUT2D eigenvalue weighted by Crippen LogP contribution is 2.43. The van der Waals surface area contributed by atoms with Gasteiger partial charge in [0, 0.05) is 0 Å². The maximum atomic E-state index is 10.5. The summed E-state index contributed by atoms with van der Waals surface area (Å²) in [5, 5.41) is 10.5. The van der Waals surface area contributed by atoms with E-state index in [0.717, 1.165) is 18.8 Å². The molecule has 2 unspecified atom stereocenters. The molecule has 0 aromatic heterocycles. The van der Waals surface area contributed by atoms with Crippen LogP contribution in [0.25, 0.3) is 0 Å². The van der Waals surface area contributed by atoms with Crippen LogP contribution in [0.3, 0.4) is 0 Å². The molecule has 2 rings (SSSR count). The minimum Gasteiger partial charge on any atom is -0.388 e. The number of aryl methyl sites for hydroxylation is 2. The lowest BCUT2D eigenvalue weighted by Crippen LogP contribution is -2.13. The van der Waals surface area contributed by atoms with E-state index >= 15 is 0 Å². The highest BCUT2D eigenvalue weighted by atomic mass is 16.3. The normalized spacial score (nSPS) is 19.1. The molecule has 0 saturated heterocycles.